The molecular weight excluding hydrogens is 457 g/mol. The second-order valence-corrected chi connectivity index (χ2v) is 10.7. The maximum Gasteiger partial charge on any atom is 0.269 e. The Kier molecular flexibility index (Phi) is 5.41. The highest BCUT2D eigenvalue weighted by Gasteiger charge is 2.25. The molecule has 2 aromatic carbocycles. The van der Waals surface area contributed by atoms with Gasteiger partial charge in [-0.15, -0.1) is 11.3 Å². The predicted molar refractivity (Wildman–Crippen MR) is 120 cm³/mol. The Labute approximate surface area is 181 Å². The first-order chi connectivity index (χ1) is 13.2. The standard InChI is InChI=1S/C19H15Cl2NO3S3/c1-2-22-15-8-12(21)4-6-17(15)27-19(22)9-18-14(10-28(23,24)25)13-7-11(20)3-5-16(13)26-18/h3-9H,2,10H2,1H3,(H,23,24,25). The van der Waals surface area contributed by atoms with E-state index in [0.29, 0.717) is 15.6 Å². The molecule has 4 rings (SSSR count). The summed E-state index contributed by atoms with van der Waals surface area (Å²) in [5.74, 6) is -0.456. The number of nitrogens with zero attached hydrogens (tertiary/aromatic N) is 1. The van der Waals surface area contributed by atoms with E-state index in [0.717, 1.165) is 37.1 Å². The lowest BCUT2D eigenvalue weighted by Gasteiger charge is -2.18. The number of rotatable bonds is 4. The molecule has 0 aliphatic carbocycles. The van der Waals surface area contributed by atoms with Crippen LogP contribution in [0, 0.1) is 0 Å². The van der Waals surface area contributed by atoms with Crippen molar-refractivity contribution in [2.45, 2.75) is 17.6 Å². The summed E-state index contributed by atoms with van der Waals surface area (Å²) in [6.07, 6.45) is 1.97. The molecule has 0 radical (unpaired) electrons. The minimum atomic E-state index is -4.19. The summed E-state index contributed by atoms with van der Waals surface area (Å²) < 4.78 is 33.6. The maximum absolute atomic E-state index is 11.6. The van der Waals surface area contributed by atoms with E-state index in [-0.39, 0.29) is 0 Å². The molecule has 0 amide bonds. The quantitative estimate of drug-likeness (QED) is 0.438. The highest BCUT2D eigenvalue weighted by atomic mass is 35.5. The van der Waals surface area contributed by atoms with Crippen molar-refractivity contribution < 1.29 is 13.0 Å². The van der Waals surface area contributed by atoms with Crippen LogP contribution in [0.5, 0.6) is 0 Å². The van der Waals surface area contributed by atoms with Gasteiger partial charge < -0.3 is 4.90 Å². The number of anilines is 1. The van der Waals surface area contributed by atoms with Crippen LogP contribution in [-0.4, -0.2) is 19.5 Å². The Hall–Kier alpha value is -1.22. The van der Waals surface area contributed by atoms with Gasteiger partial charge in [-0.2, -0.15) is 8.42 Å². The van der Waals surface area contributed by atoms with Gasteiger partial charge in [0, 0.05) is 31.1 Å². The van der Waals surface area contributed by atoms with Crippen molar-refractivity contribution in [2.24, 2.45) is 0 Å². The molecule has 0 bridgehead atoms. The minimum absolute atomic E-state index is 0.456. The summed E-state index contributed by atoms with van der Waals surface area (Å²) in [6.45, 7) is 2.80. The number of thiophene rings is 1. The monoisotopic (exact) mass is 471 g/mol. The van der Waals surface area contributed by atoms with Gasteiger partial charge in [0.25, 0.3) is 10.1 Å². The summed E-state index contributed by atoms with van der Waals surface area (Å²) >= 11 is 15.4. The van der Waals surface area contributed by atoms with Crippen molar-refractivity contribution in [3.05, 3.63) is 61.9 Å². The van der Waals surface area contributed by atoms with Gasteiger partial charge in [-0.05, 0) is 60.3 Å². The van der Waals surface area contributed by atoms with E-state index in [2.05, 4.69) is 4.90 Å². The highest BCUT2D eigenvalue weighted by Crippen LogP contribution is 2.48. The smallest absolute Gasteiger partial charge is 0.269 e. The minimum Gasteiger partial charge on any atom is -0.335 e. The molecule has 0 unspecified atom stereocenters. The van der Waals surface area contributed by atoms with Crippen LogP contribution < -0.4 is 4.90 Å². The van der Waals surface area contributed by atoms with Gasteiger partial charge in [-0.3, -0.25) is 4.55 Å². The molecule has 3 aromatic rings. The second kappa shape index (κ2) is 7.55. The molecule has 0 fully saturated rings. The van der Waals surface area contributed by atoms with Crippen molar-refractivity contribution in [1.82, 2.24) is 0 Å². The highest BCUT2D eigenvalue weighted by molar-refractivity contribution is 8.03. The molecule has 4 nitrogen and oxygen atoms in total. The van der Waals surface area contributed by atoms with E-state index < -0.39 is 15.9 Å². The summed E-state index contributed by atoms with van der Waals surface area (Å²) in [4.78, 5) is 4.02. The van der Waals surface area contributed by atoms with E-state index in [1.807, 2.05) is 37.3 Å². The van der Waals surface area contributed by atoms with E-state index in [1.165, 1.54) is 11.3 Å². The summed E-state index contributed by atoms with van der Waals surface area (Å²) in [6, 6.07) is 11.1. The summed E-state index contributed by atoms with van der Waals surface area (Å²) in [7, 11) is -4.19. The van der Waals surface area contributed by atoms with Gasteiger partial charge >= 0.3 is 0 Å². The normalized spacial score (nSPS) is 15.6. The van der Waals surface area contributed by atoms with Crippen molar-refractivity contribution in [3.8, 4) is 0 Å². The molecule has 0 saturated heterocycles. The zero-order chi connectivity index (χ0) is 20.1. The first kappa shape index (κ1) is 20.1. The Balaban J connectivity index is 1.86. The first-order valence-electron chi connectivity index (χ1n) is 8.38. The van der Waals surface area contributed by atoms with E-state index in [1.54, 1.807) is 23.9 Å². The Morgan fingerprint density at radius 3 is 2.57 bits per heavy atom. The lowest BCUT2D eigenvalue weighted by atomic mass is 10.1. The van der Waals surface area contributed by atoms with E-state index in [4.69, 9.17) is 23.2 Å². The summed E-state index contributed by atoms with van der Waals surface area (Å²) in [5.41, 5.74) is 1.59. The zero-order valence-corrected chi connectivity index (χ0v) is 18.6. The van der Waals surface area contributed by atoms with Gasteiger partial charge in [0.1, 0.15) is 5.75 Å². The molecule has 1 aliphatic rings. The SMILES string of the molecule is CCN1C(=Cc2sc3ccc(Cl)cc3c2CS(=O)(=O)O)Sc2ccc(Cl)cc21. The zero-order valence-electron chi connectivity index (χ0n) is 14.6. The average molecular weight is 472 g/mol. The molecule has 0 spiro atoms. The third-order valence-corrected chi connectivity index (χ3v) is 7.77. The third kappa shape index (κ3) is 3.92. The molecule has 146 valence electrons. The fraction of sp³-hybridized carbons (Fsp3) is 0.158. The number of fused-ring (bicyclic) bond motifs is 2. The van der Waals surface area contributed by atoms with Gasteiger partial charge in [0.15, 0.2) is 0 Å². The van der Waals surface area contributed by atoms with Crippen molar-refractivity contribution in [2.75, 3.05) is 11.4 Å². The van der Waals surface area contributed by atoms with Crippen LogP contribution in [0.25, 0.3) is 16.2 Å². The predicted octanol–water partition coefficient (Wildman–Crippen LogP) is 6.53. The van der Waals surface area contributed by atoms with Gasteiger partial charge in [0.05, 0.1) is 10.7 Å². The van der Waals surface area contributed by atoms with Crippen LogP contribution in [-0.2, 0) is 15.9 Å². The fourth-order valence-electron chi connectivity index (χ4n) is 3.21. The number of halogens is 2. The van der Waals surface area contributed by atoms with Gasteiger partial charge in [-0.1, -0.05) is 35.0 Å². The number of benzene rings is 2. The topological polar surface area (TPSA) is 57.6 Å². The van der Waals surface area contributed by atoms with Crippen molar-refractivity contribution in [3.63, 3.8) is 0 Å². The molecule has 9 heteroatoms. The van der Waals surface area contributed by atoms with Crippen LogP contribution in [0.15, 0.2) is 46.3 Å². The average Bonchev–Trinajstić information content (AvgIpc) is 3.11. The molecule has 0 saturated carbocycles. The molecular formula is C19H15Cl2NO3S3. The van der Waals surface area contributed by atoms with Crippen LogP contribution in [0.3, 0.4) is 0 Å². The van der Waals surface area contributed by atoms with Crippen LogP contribution in [0.4, 0.5) is 5.69 Å². The molecule has 1 aliphatic heterocycles. The van der Waals surface area contributed by atoms with Crippen molar-refractivity contribution in [1.29, 1.82) is 0 Å². The van der Waals surface area contributed by atoms with E-state index >= 15 is 0 Å². The Bertz CT molecular complexity index is 1220. The molecule has 0 atom stereocenters. The number of hydrogen-bond donors (Lipinski definition) is 1. The largest absolute Gasteiger partial charge is 0.335 e. The summed E-state index contributed by atoms with van der Waals surface area (Å²) in [5, 5.41) is 2.92. The lowest BCUT2D eigenvalue weighted by Crippen LogP contribution is -2.16. The third-order valence-electron chi connectivity index (χ3n) is 4.37. The Morgan fingerprint density at radius 1 is 1.14 bits per heavy atom. The molecule has 28 heavy (non-hydrogen) atoms. The van der Waals surface area contributed by atoms with Crippen LogP contribution in [0.1, 0.15) is 17.4 Å². The van der Waals surface area contributed by atoms with Gasteiger partial charge in [0.2, 0.25) is 0 Å². The first-order valence-corrected chi connectivity index (χ1v) is 12.4. The number of hydrogen-bond acceptors (Lipinski definition) is 5. The van der Waals surface area contributed by atoms with Gasteiger partial charge in [-0.25, -0.2) is 0 Å². The fourth-order valence-corrected chi connectivity index (χ4v) is 6.68. The molecule has 1 aromatic heterocycles. The van der Waals surface area contributed by atoms with Crippen LogP contribution in [0.2, 0.25) is 10.0 Å². The molecule has 2 heterocycles. The second-order valence-electron chi connectivity index (χ2n) is 6.25. The molecule has 1 N–H and O–H groups in total. The van der Waals surface area contributed by atoms with E-state index in [9.17, 15) is 13.0 Å². The maximum atomic E-state index is 11.6. The van der Waals surface area contributed by atoms with Crippen molar-refractivity contribution >= 4 is 78.3 Å². The van der Waals surface area contributed by atoms with Crippen LogP contribution >= 0.6 is 46.3 Å². The Morgan fingerprint density at radius 2 is 1.86 bits per heavy atom. The lowest BCUT2D eigenvalue weighted by molar-refractivity contribution is 0.482. The number of thioether (sulfide) groups is 1.